The van der Waals surface area contributed by atoms with Crippen LogP contribution in [0.1, 0.15) is 19.3 Å². The first-order valence-corrected chi connectivity index (χ1v) is 3.77. The zero-order chi connectivity index (χ0) is 8.10. The number of rotatable bonds is 3. The fourth-order valence-corrected chi connectivity index (χ4v) is 1.09. The molecule has 1 N–H and O–H groups in total. The van der Waals surface area contributed by atoms with Crippen molar-refractivity contribution < 1.29 is 14.6 Å². The van der Waals surface area contributed by atoms with Gasteiger partial charge in [0.1, 0.15) is 13.2 Å². The van der Waals surface area contributed by atoms with E-state index in [1.165, 1.54) is 5.57 Å². The molecule has 0 aromatic heterocycles. The molecule has 0 unspecified atom stereocenters. The van der Waals surface area contributed by atoms with Crippen molar-refractivity contribution in [2.45, 2.75) is 19.3 Å². The van der Waals surface area contributed by atoms with Crippen LogP contribution in [0.3, 0.4) is 0 Å². The second-order valence-electron chi connectivity index (χ2n) is 2.57. The maximum Gasteiger partial charge on any atom is 0.332 e. The van der Waals surface area contributed by atoms with Gasteiger partial charge in [-0.05, 0) is 24.8 Å². The van der Waals surface area contributed by atoms with Crippen LogP contribution in [0, 0.1) is 0 Å². The Morgan fingerprint density at radius 1 is 1.73 bits per heavy atom. The molecule has 3 heteroatoms. The van der Waals surface area contributed by atoms with Crippen LogP contribution in [0.2, 0.25) is 0 Å². The summed E-state index contributed by atoms with van der Waals surface area (Å²) in [5, 5.41) is 8.31. The molecule has 0 amide bonds. The van der Waals surface area contributed by atoms with Gasteiger partial charge in [0.25, 0.3) is 0 Å². The lowest BCUT2D eigenvalue weighted by Crippen LogP contribution is -2.10. The number of aliphatic hydroxyl groups is 1. The Morgan fingerprint density at radius 3 is 3.09 bits per heavy atom. The summed E-state index contributed by atoms with van der Waals surface area (Å²) in [6, 6.07) is 0. The quantitative estimate of drug-likeness (QED) is 0.481. The molecule has 1 aliphatic carbocycles. The first-order valence-electron chi connectivity index (χ1n) is 3.77. The highest BCUT2D eigenvalue weighted by Crippen LogP contribution is 2.17. The molecule has 0 aromatic rings. The molecule has 0 spiro atoms. The van der Waals surface area contributed by atoms with Crippen molar-refractivity contribution in [2.75, 3.05) is 13.2 Å². The molecule has 1 aliphatic rings. The molecule has 1 rings (SSSR count). The number of ether oxygens (including phenoxy) is 1. The van der Waals surface area contributed by atoms with Crippen molar-refractivity contribution in [3.8, 4) is 0 Å². The van der Waals surface area contributed by atoms with E-state index in [2.05, 4.69) is 6.08 Å². The van der Waals surface area contributed by atoms with Gasteiger partial charge in [0.05, 0.1) is 0 Å². The largest absolute Gasteiger partial charge is 0.459 e. The highest BCUT2D eigenvalue weighted by molar-refractivity contribution is 5.70. The fourth-order valence-electron chi connectivity index (χ4n) is 1.09. The van der Waals surface area contributed by atoms with Gasteiger partial charge in [-0.1, -0.05) is 6.08 Å². The normalized spacial score (nSPS) is 16.3. The van der Waals surface area contributed by atoms with Gasteiger partial charge in [-0.15, -0.1) is 0 Å². The monoisotopic (exact) mass is 156 g/mol. The average molecular weight is 156 g/mol. The summed E-state index contributed by atoms with van der Waals surface area (Å²) in [5.74, 6) is -0.544. The second kappa shape index (κ2) is 4.13. The first kappa shape index (κ1) is 8.27. The van der Waals surface area contributed by atoms with Crippen LogP contribution in [0.25, 0.3) is 0 Å². The molecule has 0 heterocycles. The lowest BCUT2D eigenvalue weighted by molar-refractivity contribution is -0.145. The van der Waals surface area contributed by atoms with Crippen molar-refractivity contribution >= 4 is 5.97 Å². The minimum Gasteiger partial charge on any atom is -0.459 e. The number of aliphatic hydroxyl groups excluding tert-OH is 1. The van der Waals surface area contributed by atoms with Crippen LogP contribution in [0.5, 0.6) is 0 Å². The van der Waals surface area contributed by atoms with E-state index in [0.717, 1.165) is 19.3 Å². The minimum absolute atomic E-state index is 0.361. The Kier molecular flexibility index (Phi) is 3.11. The Morgan fingerprint density at radius 2 is 2.55 bits per heavy atom. The summed E-state index contributed by atoms with van der Waals surface area (Å²) in [5.41, 5.74) is 1.17. The van der Waals surface area contributed by atoms with Gasteiger partial charge in [0.15, 0.2) is 0 Å². The summed E-state index contributed by atoms with van der Waals surface area (Å²) in [7, 11) is 0. The van der Waals surface area contributed by atoms with Crippen molar-refractivity contribution in [1.82, 2.24) is 0 Å². The minimum atomic E-state index is -0.544. The van der Waals surface area contributed by atoms with E-state index < -0.39 is 12.6 Å². The van der Waals surface area contributed by atoms with Crippen LogP contribution in [0.4, 0.5) is 0 Å². The van der Waals surface area contributed by atoms with E-state index >= 15 is 0 Å². The Balaban J connectivity index is 2.16. The number of hydrogen-bond acceptors (Lipinski definition) is 3. The molecule has 62 valence electrons. The molecule has 0 radical (unpaired) electrons. The standard InChI is InChI=1S/C8H12O3/c9-5-8(10)11-6-7-3-1-2-4-7/h3,9H,1-2,4-6H2. The van der Waals surface area contributed by atoms with Crippen molar-refractivity contribution in [2.24, 2.45) is 0 Å². The van der Waals surface area contributed by atoms with Gasteiger partial charge in [-0.3, -0.25) is 0 Å². The number of carbonyl (C=O) groups is 1. The summed E-state index contributed by atoms with van der Waals surface area (Å²) < 4.78 is 4.72. The predicted molar refractivity (Wildman–Crippen MR) is 40.0 cm³/mol. The Labute approximate surface area is 65.7 Å². The van der Waals surface area contributed by atoms with E-state index in [1.807, 2.05) is 0 Å². The molecule has 11 heavy (non-hydrogen) atoms. The number of esters is 1. The number of allylic oxidation sites excluding steroid dienone is 1. The van der Waals surface area contributed by atoms with Gasteiger partial charge in [0.2, 0.25) is 0 Å². The van der Waals surface area contributed by atoms with E-state index in [-0.39, 0.29) is 0 Å². The lowest BCUT2D eigenvalue weighted by Gasteiger charge is -2.02. The van der Waals surface area contributed by atoms with Crippen LogP contribution in [-0.4, -0.2) is 24.3 Å². The topological polar surface area (TPSA) is 46.5 Å². The summed E-state index contributed by atoms with van der Waals surface area (Å²) in [6.07, 6.45) is 5.36. The summed E-state index contributed by atoms with van der Waals surface area (Å²) in [6.45, 7) is -0.160. The van der Waals surface area contributed by atoms with Crippen molar-refractivity contribution in [3.05, 3.63) is 11.6 Å². The van der Waals surface area contributed by atoms with Crippen LogP contribution >= 0.6 is 0 Å². The van der Waals surface area contributed by atoms with Crippen molar-refractivity contribution in [3.63, 3.8) is 0 Å². The smallest absolute Gasteiger partial charge is 0.332 e. The SMILES string of the molecule is O=C(CO)OCC1=CCCC1. The van der Waals surface area contributed by atoms with Crippen LogP contribution < -0.4 is 0 Å². The molecule has 0 aromatic carbocycles. The molecule has 0 aliphatic heterocycles. The highest BCUT2D eigenvalue weighted by Gasteiger charge is 2.06. The maximum absolute atomic E-state index is 10.5. The van der Waals surface area contributed by atoms with E-state index in [1.54, 1.807) is 0 Å². The molecule has 0 fully saturated rings. The molecular weight excluding hydrogens is 144 g/mol. The van der Waals surface area contributed by atoms with Gasteiger partial charge < -0.3 is 9.84 Å². The van der Waals surface area contributed by atoms with Gasteiger partial charge in [0, 0.05) is 0 Å². The van der Waals surface area contributed by atoms with Crippen LogP contribution in [0.15, 0.2) is 11.6 Å². The maximum atomic E-state index is 10.5. The third kappa shape index (κ3) is 2.72. The third-order valence-corrected chi connectivity index (χ3v) is 1.68. The first-order chi connectivity index (χ1) is 5.33. The molecular formula is C8H12O3. The van der Waals surface area contributed by atoms with Gasteiger partial charge in [-0.25, -0.2) is 4.79 Å². The summed E-state index contributed by atoms with van der Waals surface area (Å²) >= 11 is 0. The van der Waals surface area contributed by atoms with Crippen molar-refractivity contribution in [1.29, 1.82) is 0 Å². The number of carbonyl (C=O) groups excluding carboxylic acids is 1. The molecule has 0 bridgehead atoms. The average Bonchev–Trinajstić information content (AvgIpc) is 2.52. The van der Waals surface area contributed by atoms with Crippen LogP contribution in [-0.2, 0) is 9.53 Å². The molecule has 0 atom stereocenters. The fraction of sp³-hybridized carbons (Fsp3) is 0.625. The zero-order valence-electron chi connectivity index (χ0n) is 6.38. The van der Waals surface area contributed by atoms with E-state index in [0.29, 0.717) is 6.61 Å². The molecule has 3 nitrogen and oxygen atoms in total. The van der Waals surface area contributed by atoms with E-state index in [9.17, 15) is 4.79 Å². The molecule has 0 saturated carbocycles. The summed E-state index contributed by atoms with van der Waals surface area (Å²) in [4.78, 5) is 10.5. The molecule has 0 saturated heterocycles. The zero-order valence-corrected chi connectivity index (χ0v) is 6.38. The van der Waals surface area contributed by atoms with E-state index in [4.69, 9.17) is 9.84 Å². The Hall–Kier alpha value is -0.830. The Bertz CT molecular complexity index is 172. The second-order valence-corrected chi connectivity index (χ2v) is 2.57. The lowest BCUT2D eigenvalue weighted by atomic mass is 10.2. The van der Waals surface area contributed by atoms with Gasteiger partial charge in [-0.2, -0.15) is 0 Å². The van der Waals surface area contributed by atoms with Gasteiger partial charge >= 0.3 is 5.97 Å². The highest BCUT2D eigenvalue weighted by atomic mass is 16.5. The third-order valence-electron chi connectivity index (χ3n) is 1.68. The number of hydrogen-bond donors (Lipinski definition) is 1. The predicted octanol–water partition coefficient (Wildman–Crippen LogP) is 0.632.